The van der Waals surface area contributed by atoms with Crippen LogP contribution in [0.15, 0.2) is 12.1 Å². The summed E-state index contributed by atoms with van der Waals surface area (Å²) >= 11 is 6.09. The highest BCUT2D eigenvalue weighted by atomic mass is 35.5. The molecule has 1 aliphatic heterocycles. The van der Waals surface area contributed by atoms with Crippen LogP contribution >= 0.6 is 11.6 Å². The summed E-state index contributed by atoms with van der Waals surface area (Å²) in [5.74, 6) is 0.217. The lowest BCUT2D eigenvalue weighted by Crippen LogP contribution is -2.08. The number of hydrogen-bond acceptors (Lipinski definition) is 1. The van der Waals surface area contributed by atoms with Gasteiger partial charge in [0.1, 0.15) is 5.82 Å². The molecule has 1 fully saturated rings. The zero-order valence-corrected chi connectivity index (χ0v) is 8.87. The molecule has 1 unspecified atom stereocenters. The maximum absolute atomic E-state index is 13.3. The minimum atomic E-state index is -0.156. The Balaban J connectivity index is 2.37. The highest BCUT2D eigenvalue weighted by molar-refractivity contribution is 6.31. The van der Waals surface area contributed by atoms with Crippen LogP contribution in [0.5, 0.6) is 0 Å². The first-order valence-corrected chi connectivity index (χ1v) is 5.22. The van der Waals surface area contributed by atoms with Crippen molar-refractivity contribution >= 4 is 11.6 Å². The Bertz CT molecular complexity index is 345. The number of aryl methyl sites for hydroxylation is 1. The Morgan fingerprint density at radius 2 is 2.29 bits per heavy atom. The number of rotatable bonds is 1. The van der Waals surface area contributed by atoms with Crippen molar-refractivity contribution < 1.29 is 4.39 Å². The Morgan fingerprint density at radius 1 is 1.50 bits per heavy atom. The first-order valence-electron chi connectivity index (χ1n) is 4.84. The second-order valence-electron chi connectivity index (χ2n) is 3.81. The molecule has 1 saturated heterocycles. The topological polar surface area (TPSA) is 12.0 Å². The minimum Gasteiger partial charge on any atom is -0.316 e. The molecule has 0 amide bonds. The second kappa shape index (κ2) is 3.87. The van der Waals surface area contributed by atoms with Crippen molar-refractivity contribution in [2.45, 2.75) is 19.3 Å². The van der Waals surface area contributed by atoms with Crippen molar-refractivity contribution in [2.24, 2.45) is 0 Å². The zero-order valence-electron chi connectivity index (χ0n) is 8.11. The molecule has 0 saturated carbocycles. The van der Waals surface area contributed by atoms with Crippen LogP contribution in [-0.4, -0.2) is 13.1 Å². The number of halogens is 2. The van der Waals surface area contributed by atoms with Crippen molar-refractivity contribution in [3.8, 4) is 0 Å². The maximum Gasteiger partial charge on any atom is 0.126 e. The smallest absolute Gasteiger partial charge is 0.126 e. The van der Waals surface area contributed by atoms with Gasteiger partial charge in [0.2, 0.25) is 0 Å². The van der Waals surface area contributed by atoms with Crippen LogP contribution in [0.1, 0.15) is 23.5 Å². The van der Waals surface area contributed by atoms with Crippen LogP contribution in [0.4, 0.5) is 4.39 Å². The molecule has 1 N–H and O–H groups in total. The number of hydrogen-bond donors (Lipinski definition) is 1. The average molecular weight is 214 g/mol. The second-order valence-corrected chi connectivity index (χ2v) is 4.22. The van der Waals surface area contributed by atoms with Crippen molar-refractivity contribution in [3.05, 3.63) is 34.1 Å². The maximum atomic E-state index is 13.3. The first kappa shape index (κ1) is 9.94. The summed E-state index contributed by atoms with van der Waals surface area (Å²) in [5.41, 5.74) is 1.56. The van der Waals surface area contributed by atoms with Crippen LogP contribution in [0, 0.1) is 12.7 Å². The van der Waals surface area contributed by atoms with Gasteiger partial charge in [0, 0.05) is 11.6 Å². The molecule has 0 bridgehead atoms. The Hall–Kier alpha value is -0.600. The van der Waals surface area contributed by atoms with Gasteiger partial charge in [0.25, 0.3) is 0 Å². The molecule has 1 aliphatic rings. The van der Waals surface area contributed by atoms with E-state index in [1.54, 1.807) is 19.1 Å². The third-order valence-electron chi connectivity index (χ3n) is 2.78. The molecule has 1 heterocycles. The molecular formula is C11H13ClFN. The van der Waals surface area contributed by atoms with Crippen LogP contribution in [-0.2, 0) is 0 Å². The molecule has 1 atom stereocenters. The van der Waals surface area contributed by atoms with E-state index in [4.69, 9.17) is 11.6 Å². The van der Waals surface area contributed by atoms with Crippen LogP contribution in [0.3, 0.4) is 0 Å². The standard InChI is InChI=1S/C11H13ClFN/c1-7-4-10(12)9(5-11(7)13)8-2-3-14-6-8/h4-5,8,14H,2-3,6H2,1H3. The van der Waals surface area contributed by atoms with Gasteiger partial charge >= 0.3 is 0 Å². The van der Waals surface area contributed by atoms with Gasteiger partial charge in [-0.15, -0.1) is 0 Å². The van der Waals surface area contributed by atoms with Gasteiger partial charge < -0.3 is 5.32 Å². The summed E-state index contributed by atoms with van der Waals surface area (Å²) in [5, 5.41) is 3.94. The fourth-order valence-corrected chi connectivity index (χ4v) is 2.27. The van der Waals surface area contributed by atoms with E-state index in [0.717, 1.165) is 25.1 Å². The summed E-state index contributed by atoms with van der Waals surface area (Å²) in [6, 6.07) is 3.29. The van der Waals surface area contributed by atoms with E-state index < -0.39 is 0 Å². The molecule has 3 heteroatoms. The molecule has 2 rings (SSSR count). The highest BCUT2D eigenvalue weighted by Crippen LogP contribution is 2.30. The molecule has 1 nitrogen and oxygen atoms in total. The number of nitrogens with one attached hydrogen (secondary N) is 1. The molecule has 76 valence electrons. The molecule has 1 aromatic rings. The van der Waals surface area contributed by atoms with Gasteiger partial charge in [-0.05, 0) is 49.1 Å². The Kier molecular flexibility index (Phi) is 2.75. The molecular weight excluding hydrogens is 201 g/mol. The third kappa shape index (κ3) is 1.77. The van der Waals surface area contributed by atoms with E-state index >= 15 is 0 Å². The van der Waals surface area contributed by atoms with Crippen molar-refractivity contribution in [2.75, 3.05) is 13.1 Å². The third-order valence-corrected chi connectivity index (χ3v) is 3.11. The van der Waals surface area contributed by atoms with Crippen LogP contribution in [0.25, 0.3) is 0 Å². The lowest BCUT2D eigenvalue weighted by molar-refractivity contribution is 0.612. The van der Waals surface area contributed by atoms with Crippen LogP contribution in [0.2, 0.25) is 5.02 Å². The summed E-state index contributed by atoms with van der Waals surface area (Å²) in [6.45, 7) is 3.64. The lowest BCUT2D eigenvalue weighted by Gasteiger charge is -2.12. The summed E-state index contributed by atoms with van der Waals surface area (Å²) in [6.07, 6.45) is 1.04. The minimum absolute atomic E-state index is 0.156. The summed E-state index contributed by atoms with van der Waals surface area (Å²) in [4.78, 5) is 0. The quantitative estimate of drug-likeness (QED) is 0.757. The van der Waals surface area contributed by atoms with Crippen molar-refractivity contribution in [1.29, 1.82) is 0 Å². The molecule has 0 radical (unpaired) electrons. The fourth-order valence-electron chi connectivity index (χ4n) is 1.89. The fraction of sp³-hybridized carbons (Fsp3) is 0.455. The lowest BCUT2D eigenvalue weighted by atomic mass is 9.97. The Labute approximate surface area is 88.3 Å². The van der Waals surface area contributed by atoms with Gasteiger partial charge in [-0.25, -0.2) is 4.39 Å². The van der Waals surface area contributed by atoms with E-state index in [-0.39, 0.29) is 5.82 Å². The van der Waals surface area contributed by atoms with E-state index in [9.17, 15) is 4.39 Å². The number of benzene rings is 1. The van der Waals surface area contributed by atoms with E-state index in [1.165, 1.54) is 0 Å². The van der Waals surface area contributed by atoms with E-state index in [2.05, 4.69) is 5.32 Å². The van der Waals surface area contributed by atoms with Crippen molar-refractivity contribution in [3.63, 3.8) is 0 Å². The summed E-state index contributed by atoms with van der Waals surface area (Å²) < 4.78 is 13.3. The molecule has 0 spiro atoms. The SMILES string of the molecule is Cc1cc(Cl)c(C2CCNC2)cc1F. The molecule has 14 heavy (non-hydrogen) atoms. The van der Waals surface area contributed by atoms with Gasteiger partial charge in [-0.2, -0.15) is 0 Å². The average Bonchev–Trinajstić information content (AvgIpc) is 2.64. The summed E-state index contributed by atoms with van der Waals surface area (Å²) in [7, 11) is 0. The van der Waals surface area contributed by atoms with Crippen molar-refractivity contribution in [1.82, 2.24) is 5.32 Å². The monoisotopic (exact) mass is 213 g/mol. The van der Waals surface area contributed by atoms with E-state index in [1.807, 2.05) is 0 Å². The van der Waals surface area contributed by atoms with Crippen LogP contribution < -0.4 is 5.32 Å². The van der Waals surface area contributed by atoms with Gasteiger partial charge in [-0.1, -0.05) is 11.6 Å². The molecule has 1 aromatic carbocycles. The van der Waals surface area contributed by atoms with Gasteiger partial charge in [0.15, 0.2) is 0 Å². The van der Waals surface area contributed by atoms with E-state index in [0.29, 0.717) is 16.5 Å². The zero-order chi connectivity index (χ0) is 10.1. The predicted molar refractivity (Wildman–Crippen MR) is 56.4 cm³/mol. The highest BCUT2D eigenvalue weighted by Gasteiger charge is 2.20. The van der Waals surface area contributed by atoms with Gasteiger partial charge in [0.05, 0.1) is 0 Å². The normalized spacial score (nSPS) is 21.5. The predicted octanol–water partition coefficient (Wildman–Crippen LogP) is 2.86. The Morgan fingerprint density at radius 3 is 2.93 bits per heavy atom. The largest absolute Gasteiger partial charge is 0.316 e. The molecule has 0 aromatic heterocycles. The van der Waals surface area contributed by atoms with Gasteiger partial charge in [-0.3, -0.25) is 0 Å². The molecule has 0 aliphatic carbocycles. The first-order chi connectivity index (χ1) is 6.68.